The molecular weight excluding hydrogens is 342 g/mol. The zero-order chi connectivity index (χ0) is 17.1. The molecule has 0 aromatic heterocycles. The molecule has 2 aromatic carbocycles. The molecule has 0 saturated carbocycles. The van der Waals surface area contributed by atoms with E-state index < -0.39 is 10.8 Å². The lowest BCUT2D eigenvalue weighted by molar-refractivity contribution is 0.589. The van der Waals surface area contributed by atoms with Crippen LogP contribution in [0.1, 0.15) is 5.56 Å². The Balaban J connectivity index is 1.85. The molecule has 0 radical (unpaired) electrons. The molecule has 2 aromatic rings. The second-order valence-corrected chi connectivity index (χ2v) is 7.51. The highest BCUT2D eigenvalue weighted by atomic mass is 35.5. The van der Waals surface area contributed by atoms with E-state index in [0.717, 1.165) is 31.9 Å². The summed E-state index contributed by atoms with van der Waals surface area (Å²) in [6.07, 6.45) is 0. The van der Waals surface area contributed by atoms with E-state index in [4.69, 9.17) is 17.3 Å². The molecule has 126 valence electrons. The third-order valence-electron chi connectivity index (χ3n) is 4.08. The topological polar surface area (TPSA) is 58.4 Å². The fourth-order valence-corrected chi connectivity index (χ4v) is 4.21. The van der Waals surface area contributed by atoms with Crippen molar-refractivity contribution in [3.05, 3.63) is 59.6 Å². The molecule has 0 amide bonds. The second kappa shape index (κ2) is 7.38. The van der Waals surface area contributed by atoms with Gasteiger partial charge in [-0.3, -0.25) is 0 Å². The van der Waals surface area contributed by atoms with Crippen LogP contribution in [0.25, 0.3) is 4.91 Å². The molecule has 3 N–H and O–H groups in total. The number of anilines is 2. The summed E-state index contributed by atoms with van der Waals surface area (Å²) >= 11 is 6.41. The fraction of sp³-hybridized carbons (Fsp3) is 0.222. The highest BCUT2D eigenvalue weighted by Gasteiger charge is 2.18. The van der Waals surface area contributed by atoms with Crippen LogP contribution in [0.2, 0.25) is 5.02 Å². The molecule has 0 bridgehead atoms. The van der Waals surface area contributed by atoms with Crippen molar-refractivity contribution in [1.29, 1.82) is 0 Å². The Morgan fingerprint density at radius 3 is 2.58 bits per heavy atom. The summed E-state index contributed by atoms with van der Waals surface area (Å²) in [5.74, 6) is 0. The van der Waals surface area contributed by atoms with Gasteiger partial charge in [0, 0.05) is 48.0 Å². The Kier molecular flexibility index (Phi) is 5.23. The summed E-state index contributed by atoms with van der Waals surface area (Å²) in [5, 5.41) is 3.81. The molecule has 0 spiro atoms. The maximum Gasteiger partial charge on any atom is 0.0865 e. The van der Waals surface area contributed by atoms with Gasteiger partial charge in [0.25, 0.3) is 0 Å². The third-order valence-corrected chi connectivity index (χ3v) is 5.93. The van der Waals surface area contributed by atoms with E-state index in [1.807, 2.05) is 36.4 Å². The first-order valence-electron chi connectivity index (χ1n) is 7.78. The normalized spacial score (nSPS) is 16.0. The minimum absolute atomic E-state index is 0.463. The quantitative estimate of drug-likeness (QED) is 0.821. The van der Waals surface area contributed by atoms with Crippen molar-refractivity contribution < 1.29 is 4.21 Å². The van der Waals surface area contributed by atoms with Gasteiger partial charge >= 0.3 is 0 Å². The molecule has 1 saturated heterocycles. The summed E-state index contributed by atoms with van der Waals surface area (Å²) in [5.41, 5.74) is 8.26. The number of nitrogens with two attached hydrogens (primary N) is 1. The Bertz CT molecular complexity index is 788. The van der Waals surface area contributed by atoms with Gasteiger partial charge in [0.1, 0.15) is 0 Å². The van der Waals surface area contributed by atoms with Crippen LogP contribution >= 0.6 is 11.6 Å². The van der Waals surface area contributed by atoms with Crippen LogP contribution in [-0.2, 0) is 10.8 Å². The number of para-hydroxylation sites is 1. The van der Waals surface area contributed by atoms with Gasteiger partial charge in [-0.1, -0.05) is 36.4 Å². The molecule has 1 heterocycles. The number of hydrogen-bond acceptors (Lipinski definition) is 4. The van der Waals surface area contributed by atoms with Crippen molar-refractivity contribution in [2.75, 3.05) is 36.8 Å². The highest BCUT2D eigenvalue weighted by molar-refractivity contribution is 7.94. The molecule has 1 aliphatic heterocycles. The van der Waals surface area contributed by atoms with Crippen molar-refractivity contribution in [2.45, 2.75) is 4.90 Å². The average molecular weight is 362 g/mol. The van der Waals surface area contributed by atoms with Crippen molar-refractivity contribution >= 4 is 38.7 Å². The Morgan fingerprint density at radius 2 is 1.92 bits per heavy atom. The highest BCUT2D eigenvalue weighted by Crippen LogP contribution is 2.32. The van der Waals surface area contributed by atoms with Crippen molar-refractivity contribution in [1.82, 2.24) is 5.32 Å². The van der Waals surface area contributed by atoms with Gasteiger partial charge in [-0.15, -0.1) is 0 Å². The average Bonchev–Trinajstić information content (AvgIpc) is 2.61. The van der Waals surface area contributed by atoms with E-state index in [2.05, 4.69) is 16.8 Å². The largest absolute Gasteiger partial charge is 0.398 e. The molecular formula is C18H20ClN3OS. The van der Waals surface area contributed by atoms with Gasteiger partial charge in [-0.2, -0.15) is 0 Å². The molecule has 24 heavy (non-hydrogen) atoms. The zero-order valence-corrected chi connectivity index (χ0v) is 14.9. The molecule has 4 nitrogen and oxygen atoms in total. The van der Waals surface area contributed by atoms with E-state index in [1.165, 1.54) is 0 Å². The third kappa shape index (κ3) is 3.48. The maximum atomic E-state index is 12.9. The first-order valence-corrected chi connectivity index (χ1v) is 9.31. The van der Waals surface area contributed by atoms with Gasteiger partial charge in [-0.25, -0.2) is 4.21 Å². The number of hydrogen-bond donors (Lipinski definition) is 2. The minimum atomic E-state index is -1.45. The van der Waals surface area contributed by atoms with E-state index in [-0.39, 0.29) is 0 Å². The monoisotopic (exact) mass is 361 g/mol. The van der Waals surface area contributed by atoms with E-state index in [0.29, 0.717) is 26.1 Å². The Morgan fingerprint density at radius 1 is 1.21 bits per heavy atom. The Hall–Kier alpha value is -1.82. The molecule has 1 unspecified atom stereocenters. The maximum absolute atomic E-state index is 12.9. The fourth-order valence-electron chi connectivity index (χ4n) is 2.74. The molecule has 0 aliphatic carbocycles. The standard InChI is InChI=1S/C18H20ClN3OS/c1-13(15-4-2-3-5-17(15)20)24(23)18-7-6-14(12-16(18)19)22-10-8-21-9-11-22/h2-7,12,21H,1,8-11,20H2. The van der Waals surface area contributed by atoms with Gasteiger partial charge in [-0.05, 0) is 24.3 Å². The van der Waals surface area contributed by atoms with Crippen LogP contribution in [-0.4, -0.2) is 30.4 Å². The molecule has 1 aliphatic rings. The number of nitrogens with zero attached hydrogens (tertiary/aromatic N) is 1. The van der Waals surface area contributed by atoms with Crippen LogP contribution < -0.4 is 16.0 Å². The van der Waals surface area contributed by atoms with Gasteiger partial charge < -0.3 is 16.0 Å². The van der Waals surface area contributed by atoms with Crippen LogP contribution in [0.3, 0.4) is 0 Å². The van der Waals surface area contributed by atoms with Crippen molar-refractivity contribution in [3.63, 3.8) is 0 Å². The second-order valence-electron chi connectivity index (χ2n) is 5.63. The summed E-state index contributed by atoms with van der Waals surface area (Å²) in [6.45, 7) is 7.74. The Labute approximate surface area is 149 Å². The number of piperazine rings is 1. The van der Waals surface area contributed by atoms with Crippen molar-refractivity contribution in [3.8, 4) is 0 Å². The van der Waals surface area contributed by atoms with Gasteiger partial charge in [0.2, 0.25) is 0 Å². The molecule has 1 fully saturated rings. The predicted molar refractivity (Wildman–Crippen MR) is 103 cm³/mol. The van der Waals surface area contributed by atoms with Crippen LogP contribution in [0.15, 0.2) is 53.9 Å². The summed E-state index contributed by atoms with van der Waals surface area (Å²) < 4.78 is 12.9. The number of nitrogens with one attached hydrogen (secondary N) is 1. The lowest BCUT2D eigenvalue weighted by atomic mass is 10.2. The summed E-state index contributed by atoms with van der Waals surface area (Å²) in [6, 6.07) is 12.9. The van der Waals surface area contributed by atoms with Crippen LogP contribution in [0.4, 0.5) is 11.4 Å². The first-order chi connectivity index (χ1) is 11.6. The van der Waals surface area contributed by atoms with E-state index >= 15 is 0 Å². The molecule has 1 atom stereocenters. The van der Waals surface area contributed by atoms with Crippen LogP contribution in [0.5, 0.6) is 0 Å². The first kappa shape index (κ1) is 17.0. The van der Waals surface area contributed by atoms with E-state index in [1.54, 1.807) is 6.07 Å². The number of halogens is 1. The van der Waals surface area contributed by atoms with E-state index in [9.17, 15) is 4.21 Å². The number of nitrogen functional groups attached to an aromatic ring is 1. The molecule has 3 rings (SSSR count). The predicted octanol–water partition coefficient (Wildman–Crippen LogP) is 3.11. The van der Waals surface area contributed by atoms with Crippen LogP contribution in [0, 0.1) is 0 Å². The zero-order valence-electron chi connectivity index (χ0n) is 13.3. The lowest BCUT2D eigenvalue weighted by Crippen LogP contribution is -2.43. The molecule has 6 heteroatoms. The number of rotatable bonds is 4. The minimum Gasteiger partial charge on any atom is -0.398 e. The number of benzene rings is 2. The summed E-state index contributed by atoms with van der Waals surface area (Å²) in [7, 11) is -1.45. The van der Waals surface area contributed by atoms with Crippen molar-refractivity contribution in [2.24, 2.45) is 0 Å². The lowest BCUT2D eigenvalue weighted by Gasteiger charge is -2.29. The van der Waals surface area contributed by atoms with Gasteiger partial charge in [0.05, 0.1) is 20.7 Å². The SMILES string of the molecule is C=C(c1ccccc1N)S(=O)c1ccc(N2CCNCC2)cc1Cl. The summed E-state index contributed by atoms with van der Waals surface area (Å²) in [4.78, 5) is 3.28. The smallest absolute Gasteiger partial charge is 0.0865 e. The van der Waals surface area contributed by atoms with Gasteiger partial charge in [0.15, 0.2) is 0 Å².